The van der Waals surface area contributed by atoms with E-state index in [0.29, 0.717) is 5.02 Å². The van der Waals surface area contributed by atoms with Crippen molar-refractivity contribution in [3.8, 4) is 33.4 Å². The summed E-state index contributed by atoms with van der Waals surface area (Å²) >= 11 is 6.35. The van der Waals surface area contributed by atoms with Crippen LogP contribution in [0.3, 0.4) is 0 Å². The second kappa shape index (κ2) is 10.9. The fraction of sp³-hybridized carbons (Fsp3) is 0.0189. The van der Waals surface area contributed by atoms with E-state index in [1.165, 1.54) is 93.2 Å². The maximum absolute atomic E-state index is 6.35. The SMILES string of the molecule is Clc1cnc2c(ccc3cc(-c4c5c(cc6ccccc46)C4(c6cc7ccccc7cc6-c6cc7ccccc7cc64)c4cc6ccccc6cc4-5)cnc32)c1. The Morgan fingerprint density at radius 1 is 0.357 bits per heavy atom. The number of benzene rings is 9. The van der Waals surface area contributed by atoms with Crippen LogP contribution < -0.4 is 0 Å². The summed E-state index contributed by atoms with van der Waals surface area (Å²) < 4.78 is 0. The van der Waals surface area contributed by atoms with Gasteiger partial charge in [0, 0.05) is 28.7 Å². The number of rotatable bonds is 1. The molecule has 0 aliphatic heterocycles. The van der Waals surface area contributed by atoms with Gasteiger partial charge in [-0.15, -0.1) is 0 Å². The molecule has 2 aromatic heterocycles. The van der Waals surface area contributed by atoms with Crippen molar-refractivity contribution < 1.29 is 0 Å². The van der Waals surface area contributed by atoms with Crippen LogP contribution in [0.15, 0.2) is 176 Å². The molecule has 2 heterocycles. The average molecular weight is 729 g/mol. The molecular weight excluding hydrogens is 700 g/mol. The van der Waals surface area contributed by atoms with E-state index in [1.54, 1.807) is 6.20 Å². The van der Waals surface area contributed by atoms with Crippen molar-refractivity contribution >= 4 is 76.5 Å². The quantitative estimate of drug-likeness (QED) is 0.157. The maximum Gasteiger partial charge on any atom is 0.0965 e. The fourth-order valence-corrected chi connectivity index (χ4v) is 10.5. The molecule has 0 amide bonds. The molecule has 0 saturated heterocycles. The summed E-state index contributed by atoms with van der Waals surface area (Å²) in [5, 5.41) is 12.6. The zero-order valence-corrected chi connectivity index (χ0v) is 30.8. The fourth-order valence-electron chi connectivity index (χ4n) is 10.3. The van der Waals surface area contributed by atoms with Gasteiger partial charge in [-0.1, -0.05) is 121 Å². The Hall–Kier alpha value is -6.87. The molecule has 0 saturated carbocycles. The first kappa shape index (κ1) is 30.5. The minimum absolute atomic E-state index is 0.560. The Balaban J connectivity index is 1.23. The molecule has 0 radical (unpaired) electrons. The molecule has 0 unspecified atom stereocenters. The molecule has 2 aliphatic carbocycles. The van der Waals surface area contributed by atoms with Gasteiger partial charge in [-0.05, 0) is 148 Å². The highest BCUT2D eigenvalue weighted by atomic mass is 35.5. The zero-order chi connectivity index (χ0) is 36.7. The first-order valence-electron chi connectivity index (χ1n) is 19.1. The average Bonchev–Trinajstić information content (AvgIpc) is 3.67. The number of hydrogen-bond acceptors (Lipinski definition) is 2. The van der Waals surface area contributed by atoms with Crippen molar-refractivity contribution in [2.24, 2.45) is 0 Å². The third-order valence-corrected chi connectivity index (χ3v) is 12.8. The minimum atomic E-state index is -0.560. The van der Waals surface area contributed by atoms with Crippen molar-refractivity contribution in [2.45, 2.75) is 5.41 Å². The molecule has 9 aromatic carbocycles. The Labute approximate surface area is 327 Å². The Morgan fingerprint density at radius 3 is 1.39 bits per heavy atom. The number of hydrogen-bond donors (Lipinski definition) is 0. The van der Waals surface area contributed by atoms with E-state index in [9.17, 15) is 0 Å². The van der Waals surface area contributed by atoms with Crippen LogP contribution in [0.2, 0.25) is 5.02 Å². The van der Waals surface area contributed by atoms with Crippen LogP contribution in [-0.2, 0) is 5.41 Å². The third-order valence-electron chi connectivity index (χ3n) is 12.6. The summed E-state index contributed by atoms with van der Waals surface area (Å²) in [5.41, 5.74) is 13.9. The zero-order valence-electron chi connectivity index (χ0n) is 30.0. The van der Waals surface area contributed by atoms with E-state index < -0.39 is 5.41 Å². The van der Waals surface area contributed by atoms with Gasteiger partial charge in [-0.2, -0.15) is 0 Å². The Morgan fingerprint density at radius 2 is 0.804 bits per heavy atom. The highest BCUT2D eigenvalue weighted by Crippen LogP contribution is 2.66. The summed E-state index contributed by atoms with van der Waals surface area (Å²) in [6.07, 6.45) is 3.77. The van der Waals surface area contributed by atoms with Crippen LogP contribution in [0, 0.1) is 0 Å². The van der Waals surface area contributed by atoms with Gasteiger partial charge in [0.1, 0.15) is 0 Å². The highest BCUT2D eigenvalue weighted by molar-refractivity contribution is 6.31. The normalized spacial score (nSPS) is 13.6. The molecule has 0 N–H and O–H groups in total. The van der Waals surface area contributed by atoms with Crippen molar-refractivity contribution in [2.75, 3.05) is 0 Å². The molecule has 56 heavy (non-hydrogen) atoms. The largest absolute Gasteiger partial charge is 0.253 e. The number of fused-ring (bicyclic) bond motifs is 17. The van der Waals surface area contributed by atoms with E-state index in [1.807, 2.05) is 6.07 Å². The summed E-state index contributed by atoms with van der Waals surface area (Å²) in [6.45, 7) is 0. The smallest absolute Gasteiger partial charge is 0.0965 e. The second-order valence-corrected chi connectivity index (χ2v) is 15.9. The predicted molar refractivity (Wildman–Crippen MR) is 234 cm³/mol. The van der Waals surface area contributed by atoms with Gasteiger partial charge in [0.25, 0.3) is 0 Å². The summed E-state index contributed by atoms with van der Waals surface area (Å²) in [7, 11) is 0. The maximum atomic E-state index is 6.35. The number of aromatic nitrogens is 2. The topological polar surface area (TPSA) is 25.8 Å². The lowest BCUT2D eigenvalue weighted by atomic mass is 9.69. The van der Waals surface area contributed by atoms with E-state index >= 15 is 0 Å². The molecule has 2 aliphatic rings. The third kappa shape index (κ3) is 3.91. The van der Waals surface area contributed by atoms with Gasteiger partial charge in [0.15, 0.2) is 0 Å². The molecule has 258 valence electrons. The van der Waals surface area contributed by atoms with Gasteiger partial charge >= 0.3 is 0 Å². The van der Waals surface area contributed by atoms with Crippen LogP contribution in [0.25, 0.3) is 98.3 Å². The Kier molecular flexibility index (Phi) is 5.92. The highest BCUT2D eigenvalue weighted by Gasteiger charge is 2.53. The van der Waals surface area contributed by atoms with Crippen LogP contribution in [-0.4, -0.2) is 9.97 Å². The lowest BCUT2D eigenvalue weighted by Gasteiger charge is -2.31. The van der Waals surface area contributed by atoms with Crippen LogP contribution in [0.5, 0.6) is 0 Å². The van der Waals surface area contributed by atoms with Gasteiger partial charge in [-0.3, -0.25) is 9.97 Å². The van der Waals surface area contributed by atoms with E-state index in [4.69, 9.17) is 21.6 Å². The number of halogens is 1. The predicted octanol–water partition coefficient (Wildman–Crippen LogP) is 14.1. The van der Waals surface area contributed by atoms with Crippen molar-refractivity contribution in [1.29, 1.82) is 0 Å². The standard InChI is InChI=1S/C53H29ClN2/c54-40-20-38-18-17-37-19-39(28-55-51(37)52(38)56-29-40)49-41-16-8-7-15-36(41)27-48-50(49)44-23-32-11-3-6-14-35(32)26-47(44)53(48)45-24-33-12-4-1-9-30(33)21-42(45)43-22-31-10-2-5-13-34(31)25-46(43)53/h1-29H. The lowest BCUT2D eigenvalue weighted by molar-refractivity contribution is 0.799. The molecular formula is C53H29ClN2. The molecule has 11 aromatic rings. The Bertz CT molecular complexity index is 3480. The van der Waals surface area contributed by atoms with Crippen molar-refractivity contribution in [3.63, 3.8) is 0 Å². The van der Waals surface area contributed by atoms with Crippen molar-refractivity contribution in [3.05, 3.63) is 203 Å². The van der Waals surface area contributed by atoms with E-state index in [2.05, 4.69) is 164 Å². The number of nitrogens with zero attached hydrogens (tertiary/aromatic N) is 2. The first-order chi connectivity index (χ1) is 27.6. The molecule has 0 atom stereocenters. The molecule has 0 bridgehead atoms. The van der Waals surface area contributed by atoms with Gasteiger partial charge in [-0.25, -0.2) is 0 Å². The lowest BCUT2D eigenvalue weighted by Crippen LogP contribution is -2.26. The minimum Gasteiger partial charge on any atom is -0.253 e. The first-order valence-corrected chi connectivity index (χ1v) is 19.5. The number of pyridine rings is 2. The van der Waals surface area contributed by atoms with Gasteiger partial charge < -0.3 is 0 Å². The van der Waals surface area contributed by atoms with Crippen LogP contribution in [0.1, 0.15) is 22.3 Å². The molecule has 2 nitrogen and oxygen atoms in total. The van der Waals surface area contributed by atoms with Gasteiger partial charge in [0.05, 0.1) is 21.5 Å². The monoisotopic (exact) mass is 728 g/mol. The van der Waals surface area contributed by atoms with E-state index in [0.717, 1.165) is 27.4 Å². The van der Waals surface area contributed by atoms with Crippen LogP contribution >= 0.6 is 11.6 Å². The molecule has 0 fully saturated rings. The molecule has 3 heteroatoms. The van der Waals surface area contributed by atoms with Crippen molar-refractivity contribution in [1.82, 2.24) is 9.97 Å². The van der Waals surface area contributed by atoms with Crippen LogP contribution in [0.4, 0.5) is 0 Å². The second-order valence-electron chi connectivity index (χ2n) is 15.5. The van der Waals surface area contributed by atoms with E-state index in [-0.39, 0.29) is 0 Å². The summed E-state index contributed by atoms with van der Waals surface area (Å²) in [6, 6.07) is 61.2. The molecule has 13 rings (SSSR count). The summed E-state index contributed by atoms with van der Waals surface area (Å²) in [4.78, 5) is 9.89. The molecule has 1 spiro atoms. The van der Waals surface area contributed by atoms with Gasteiger partial charge in [0.2, 0.25) is 0 Å². The summed E-state index contributed by atoms with van der Waals surface area (Å²) in [5.74, 6) is 0.